The van der Waals surface area contributed by atoms with Gasteiger partial charge in [0.15, 0.2) is 0 Å². The molecule has 0 amide bonds. The zero-order chi connectivity index (χ0) is 10.0. The van der Waals surface area contributed by atoms with E-state index in [1.807, 2.05) is 12.1 Å². The average molecular weight is 192 g/mol. The van der Waals surface area contributed by atoms with Crippen LogP contribution in [-0.4, -0.2) is 17.8 Å². The summed E-state index contributed by atoms with van der Waals surface area (Å²) in [5.74, 6) is 0. The van der Waals surface area contributed by atoms with Gasteiger partial charge in [0, 0.05) is 13.5 Å². The highest BCUT2D eigenvalue weighted by Crippen LogP contribution is 2.41. The van der Waals surface area contributed by atoms with Gasteiger partial charge in [-0.05, 0) is 24.0 Å². The molecule has 0 aromatic heterocycles. The second-order valence-corrected chi connectivity index (χ2v) is 4.04. The standard InChI is InChI=1S/C12H16O2/c1-14-12(5-6-12)8-10-3-2-4-11(7-10)9-13/h2-4,7,13H,5-6,8-9H2,1H3. The molecule has 0 bridgehead atoms. The Labute approximate surface area is 84.5 Å². The van der Waals surface area contributed by atoms with E-state index in [2.05, 4.69) is 12.1 Å². The topological polar surface area (TPSA) is 29.5 Å². The fourth-order valence-corrected chi connectivity index (χ4v) is 1.80. The van der Waals surface area contributed by atoms with Gasteiger partial charge in [-0.3, -0.25) is 0 Å². The molecule has 1 aromatic rings. The number of hydrogen-bond donors (Lipinski definition) is 1. The van der Waals surface area contributed by atoms with Crippen molar-refractivity contribution >= 4 is 0 Å². The van der Waals surface area contributed by atoms with E-state index >= 15 is 0 Å². The van der Waals surface area contributed by atoms with E-state index in [9.17, 15) is 0 Å². The fourth-order valence-electron chi connectivity index (χ4n) is 1.80. The Morgan fingerprint density at radius 2 is 2.07 bits per heavy atom. The molecule has 0 aliphatic heterocycles. The van der Waals surface area contributed by atoms with E-state index in [-0.39, 0.29) is 12.2 Å². The zero-order valence-electron chi connectivity index (χ0n) is 8.49. The first-order valence-corrected chi connectivity index (χ1v) is 5.02. The van der Waals surface area contributed by atoms with Crippen molar-refractivity contribution in [3.63, 3.8) is 0 Å². The second-order valence-electron chi connectivity index (χ2n) is 4.04. The quantitative estimate of drug-likeness (QED) is 0.789. The molecule has 1 fully saturated rings. The Morgan fingerprint density at radius 1 is 1.36 bits per heavy atom. The van der Waals surface area contributed by atoms with Crippen LogP contribution in [0.1, 0.15) is 24.0 Å². The summed E-state index contributed by atoms with van der Waals surface area (Å²) in [5.41, 5.74) is 2.35. The van der Waals surface area contributed by atoms with Crippen molar-refractivity contribution in [2.45, 2.75) is 31.5 Å². The molecule has 1 saturated carbocycles. The molecule has 0 spiro atoms. The van der Waals surface area contributed by atoms with Crippen molar-refractivity contribution < 1.29 is 9.84 Å². The molecular weight excluding hydrogens is 176 g/mol. The predicted molar refractivity (Wildman–Crippen MR) is 55.0 cm³/mol. The third-order valence-corrected chi connectivity index (χ3v) is 2.94. The Bertz CT molecular complexity index is 316. The molecule has 0 saturated heterocycles. The Morgan fingerprint density at radius 3 is 2.64 bits per heavy atom. The number of benzene rings is 1. The van der Waals surface area contributed by atoms with Crippen LogP contribution in [0.3, 0.4) is 0 Å². The Kier molecular flexibility index (Phi) is 2.57. The molecule has 0 heterocycles. The van der Waals surface area contributed by atoms with E-state index in [0.717, 1.165) is 24.8 Å². The number of rotatable bonds is 4. The number of aliphatic hydroxyl groups excluding tert-OH is 1. The van der Waals surface area contributed by atoms with Crippen LogP contribution >= 0.6 is 0 Å². The van der Waals surface area contributed by atoms with E-state index in [0.29, 0.717) is 0 Å². The Hall–Kier alpha value is -0.860. The van der Waals surface area contributed by atoms with Gasteiger partial charge in [0.05, 0.1) is 12.2 Å². The molecule has 0 atom stereocenters. The van der Waals surface area contributed by atoms with Gasteiger partial charge in [-0.15, -0.1) is 0 Å². The average Bonchev–Trinajstić information content (AvgIpc) is 2.99. The van der Waals surface area contributed by atoms with Gasteiger partial charge in [-0.1, -0.05) is 24.3 Å². The first-order chi connectivity index (χ1) is 6.78. The first kappa shape index (κ1) is 9.69. The highest BCUT2D eigenvalue weighted by atomic mass is 16.5. The van der Waals surface area contributed by atoms with Gasteiger partial charge >= 0.3 is 0 Å². The van der Waals surface area contributed by atoms with Gasteiger partial charge < -0.3 is 9.84 Å². The van der Waals surface area contributed by atoms with E-state index < -0.39 is 0 Å². The van der Waals surface area contributed by atoms with Crippen LogP contribution in [0.25, 0.3) is 0 Å². The second kappa shape index (κ2) is 3.71. The van der Waals surface area contributed by atoms with Crippen LogP contribution in [0.5, 0.6) is 0 Å². The molecule has 2 nitrogen and oxygen atoms in total. The molecule has 2 heteroatoms. The summed E-state index contributed by atoms with van der Waals surface area (Å²) in [6, 6.07) is 8.08. The highest BCUT2D eigenvalue weighted by Gasteiger charge is 2.42. The number of ether oxygens (including phenoxy) is 1. The summed E-state index contributed by atoms with van der Waals surface area (Å²) in [5, 5.41) is 9.00. The summed E-state index contributed by atoms with van der Waals surface area (Å²) < 4.78 is 5.46. The molecule has 1 aliphatic rings. The molecule has 14 heavy (non-hydrogen) atoms. The van der Waals surface area contributed by atoms with Crippen molar-refractivity contribution in [3.05, 3.63) is 35.4 Å². The smallest absolute Gasteiger partial charge is 0.0721 e. The van der Waals surface area contributed by atoms with Crippen molar-refractivity contribution in [1.82, 2.24) is 0 Å². The first-order valence-electron chi connectivity index (χ1n) is 5.02. The lowest BCUT2D eigenvalue weighted by atomic mass is 10.0. The van der Waals surface area contributed by atoms with Crippen LogP contribution in [0.4, 0.5) is 0 Å². The van der Waals surface area contributed by atoms with Crippen LogP contribution in [-0.2, 0) is 17.8 Å². The number of aliphatic hydroxyl groups is 1. The summed E-state index contributed by atoms with van der Waals surface area (Å²) in [6.07, 6.45) is 3.29. The molecule has 1 N–H and O–H groups in total. The van der Waals surface area contributed by atoms with E-state index in [1.165, 1.54) is 5.56 Å². The van der Waals surface area contributed by atoms with Crippen molar-refractivity contribution in [2.24, 2.45) is 0 Å². The lowest BCUT2D eigenvalue weighted by molar-refractivity contribution is 0.0807. The Balaban J connectivity index is 2.09. The normalized spacial score (nSPS) is 18.1. The third kappa shape index (κ3) is 1.97. The summed E-state index contributed by atoms with van der Waals surface area (Å²) in [6.45, 7) is 0.119. The maximum atomic E-state index is 9.00. The lowest BCUT2D eigenvalue weighted by Gasteiger charge is -2.13. The van der Waals surface area contributed by atoms with Crippen LogP contribution in [0, 0.1) is 0 Å². The summed E-state index contributed by atoms with van der Waals surface area (Å²) in [7, 11) is 1.78. The van der Waals surface area contributed by atoms with E-state index in [1.54, 1.807) is 7.11 Å². The largest absolute Gasteiger partial charge is 0.392 e. The molecule has 0 unspecified atom stereocenters. The van der Waals surface area contributed by atoms with Gasteiger partial charge in [-0.2, -0.15) is 0 Å². The van der Waals surface area contributed by atoms with Crippen molar-refractivity contribution in [3.8, 4) is 0 Å². The molecule has 1 aliphatic carbocycles. The van der Waals surface area contributed by atoms with Gasteiger partial charge in [0.2, 0.25) is 0 Å². The maximum absolute atomic E-state index is 9.00. The van der Waals surface area contributed by atoms with Crippen molar-refractivity contribution in [1.29, 1.82) is 0 Å². The zero-order valence-corrected chi connectivity index (χ0v) is 8.49. The van der Waals surface area contributed by atoms with Crippen LogP contribution in [0.2, 0.25) is 0 Å². The molecular formula is C12H16O2. The number of methoxy groups -OCH3 is 1. The number of hydrogen-bond acceptors (Lipinski definition) is 2. The SMILES string of the molecule is COC1(Cc2cccc(CO)c2)CC1. The minimum Gasteiger partial charge on any atom is -0.392 e. The van der Waals surface area contributed by atoms with Crippen molar-refractivity contribution in [2.75, 3.05) is 7.11 Å². The van der Waals surface area contributed by atoms with Gasteiger partial charge in [0.1, 0.15) is 0 Å². The fraction of sp³-hybridized carbons (Fsp3) is 0.500. The minimum absolute atomic E-state index is 0.105. The van der Waals surface area contributed by atoms with Gasteiger partial charge in [0.25, 0.3) is 0 Å². The predicted octanol–water partition coefficient (Wildman–Crippen LogP) is 1.90. The third-order valence-electron chi connectivity index (χ3n) is 2.94. The molecule has 0 radical (unpaired) electrons. The minimum atomic E-state index is 0.105. The molecule has 76 valence electrons. The molecule has 1 aromatic carbocycles. The summed E-state index contributed by atoms with van der Waals surface area (Å²) >= 11 is 0. The molecule has 2 rings (SSSR count). The van der Waals surface area contributed by atoms with Crippen LogP contribution < -0.4 is 0 Å². The summed E-state index contributed by atoms with van der Waals surface area (Å²) in [4.78, 5) is 0. The van der Waals surface area contributed by atoms with Gasteiger partial charge in [-0.25, -0.2) is 0 Å². The van der Waals surface area contributed by atoms with E-state index in [4.69, 9.17) is 9.84 Å². The monoisotopic (exact) mass is 192 g/mol. The lowest BCUT2D eigenvalue weighted by Crippen LogP contribution is -2.14. The van der Waals surface area contributed by atoms with Crippen LogP contribution in [0.15, 0.2) is 24.3 Å². The highest BCUT2D eigenvalue weighted by molar-refractivity contribution is 5.25. The maximum Gasteiger partial charge on any atom is 0.0721 e.